The Morgan fingerprint density at radius 2 is 1.67 bits per heavy atom. The summed E-state index contributed by atoms with van der Waals surface area (Å²) in [7, 11) is -3.73. The molecule has 0 heterocycles. The lowest BCUT2D eigenvalue weighted by molar-refractivity contribution is 0.599. The lowest BCUT2D eigenvalue weighted by atomic mass is 10.2. The van der Waals surface area contributed by atoms with Gasteiger partial charge in [-0.2, -0.15) is 0 Å². The lowest BCUT2D eigenvalue weighted by Gasteiger charge is -2.08. The molecule has 2 aromatic rings. The molecule has 0 unspecified atom stereocenters. The van der Waals surface area contributed by atoms with Gasteiger partial charge >= 0.3 is 0 Å². The summed E-state index contributed by atoms with van der Waals surface area (Å²) >= 11 is 0. The van der Waals surface area contributed by atoms with Crippen molar-refractivity contribution >= 4 is 15.7 Å². The molecule has 0 aliphatic carbocycles. The highest BCUT2D eigenvalue weighted by atomic mass is 32.2. The van der Waals surface area contributed by atoms with Gasteiger partial charge in [0.2, 0.25) is 0 Å². The molecule has 2 rings (SSSR count). The minimum atomic E-state index is -3.73. The van der Waals surface area contributed by atoms with Crippen molar-refractivity contribution in [2.24, 2.45) is 5.73 Å². The van der Waals surface area contributed by atoms with Gasteiger partial charge in [0, 0.05) is 11.3 Å². The van der Waals surface area contributed by atoms with Crippen LogP contribution >= 0.6 is 0 Å². The summed E-state index contributed by atoms with van der Waals surface area (Å²) in [5.74, 6) is 5.06. The molecule has 0 aromatic heterocycles. The third-order valence-electron chi connectivity index (χ3n) is 2.60. The van der Waals surface area contributed by atoms with Crippen LogP contribution in [0.1, 0.15) is 5.56 Å². The highest BCUT2D eigenvalue weighted by Crippen LogP contribution is 2.16. The molecule has 3 N–H and O–H groups in total. The third-order valence-corrected chi connectivity index (χ3v) is 3.99. The maximum atomic E-state index is 12.8. The average Bonchev–Trinajstić information content (AvgIpc) is 2.47. The van der Waals surface area contributed by atoms with Gasteiger partial charge in [0.05, 0.1) is 11.4 Å². The molecule has 108 valence electrons. The molecule has 0 radical (unpaired) electrons. The number of nitrogens with two attached hydrogens (primary N) is 1. The molecule has 0 amide bonds. The van der Waals surface area contributed by atoms with Crippen molar-refractivity contribution in [3.63, 3.8) is 0 Å². The fourth-order valence-electron chi connectivity index (χ4n) is 1.60. The van der Waals surface area contributed by atoms with Crippen molar-refractivity contribution in [1.82, 2.24) is 0 Å². The van der Waals surface area contributed by atoms with Gasteiger partial charge in [0.15, 0.2) is 0 Å². The average molecular weight is 304 g/mol. The molecule has 0 aliphatic rings. The number of nitrogens with one attached hydrogen (secondary N) is 1. The van der Waals surface area contributed by atoms with Gasteiger partial charge in [-0.15, -0.1) is 0 Å². The predicted molar refractivity (Wildman–Crippen MR) is 79.6 cm³/mol. The Morgan fingerprint density at radius 1 is 1.05 bits per heavy atom. The van der Waals surface area contributed by atoms with Crippen LogP contribution in [-0.2, 0) is 10.0 Å². The van der Waals surface area contributed by atoms with E-state index in [0.717, 1.165) is 17.7 Å². The van der Waals surface area contributed by atoms with Crippen molar-refractivity contribution < 1.29 is 12.8 Å². The summed E-state index contributed by atoms with van der Waals surface area (Å²) in [6, 6.07) is 11.2. The molecule has 0 atom stereocenters. The van der Waals surface area contributed by atoms with Gasteiger partial charge in [-0.05, 0) is 48.5 Å². The standard InChI is InChI=1S/C15H13FN2O2S/c16-13-5-9-15(10-6-13)21(19,20)18-14-7-3-12(4-8-14)2-1-11-17/h3-10,18H,11,17H2. The van der Waals surface area contributed by atoms with E-state index in [4.69, 9.17) is 5.73 Å². The molecule has 0 bridgehead atoms. The Morgan fingerprint density at radius 3 is 2.24 bits per heavy atom. The van der Waals surface area contributed by atoms with Crippen LogP contribution < -0.4 is 10.5 Å². The largest absolute Gasteiger partial charge is 0.320 e. The van der Waals surface area contributed by atoms with Gasteiger partial charge in [0.1, 0.15) is 5.82 Å². The molecular weight excluding hydrogens is 291 g/mol. The molecule has 0 saturated carbocycles. The fourth-order valence-corrected chi connectivity index (χ4v) is 2.66. The van der Waals surface area contributed by atoms with Crippen molar-refractivity contribution in [1.29, 1.82) is 0 Å². The minimum absolute atomic E-state index is 0.00380. The summed E-state index contributed by atoms with van der Waals surface area (Å²) < 4.78 is 39.4. The van der Waals surface area contributed by atoms with Crippen molar-refractivity contribution in [2.75, 3.05) is 11.3 Å². The summed E-state index contributed by atoms with van der Waals surface area (Å²) in [5.41, 5.74) is 6.41. The molecule has 6 heteroatoms. The summed E-state index contributed by atoms with van der Waals surface area (Å²) in [6.07, 6.45) is 0. The Balaban J connectivity index is 2.18. The zero-order valence-electron chi connectivity index (χ0n) is 11.0. The summed E-state index contributed by atoms with van der Waals surface area (Å²) in [4.78, 5) is -0.00380. The van der Waals surface area contributed by atoms with Gasteiger partial charge in [-0.3, -0.25) is 4.72 Å². The van der Waals surface area contributed by atoms with Crippen LogP contribution in [0.3, 0.4) is 0 Å². The van der Waals surface area contributed by atoms with Gasteiger partial charge in [-0.1, -0.05) is 11.8 Å². The molecule has 2 aromatic carbocycles. The molecule has 21 heavy (non-hydrogen) atoms. The fraction of sp³-hybridized carbons (Fsp3) is 0.0667. The smallest absolute Gasteiger partial charge is 0.261 e. The van der Waals surface area contributed by atoms with E-state index >= 15 is 0 Å². The van der Waals surface area contributed by atoms with Gasteiger partial charge in [0.25, 0.3) is 10.0 Å². The van der Waals surface area contributed by atoms with Gasteiger partial charge < -0.3 is 5.73 Å². The zero-order valence-corrected chi connectivity index (χ0v) is 11.8. The van der Waals surface area contributed by atoms with Crippen LogP contribution in [0.5, 0.6) is 0 Å². The van der Waals surface area contributed by atoms with Crippen molar-refractivity contribution in [3.05, 3.63) is 59.9 Å². The number of hydrogen-bond acceptors (Lipinski definition) is 3. The Kier molecular flexibility index (Phi) is 4.58. The number of anilines is 1. The first-order chi connectivity index (χ1) is 10.0. The predicted octanol–water partition coefficient (Wildman–Crippen LogP) is 1.94. The van der Waals surface area contributed by atoms with Crippen LogP contribution in [0.15, 0.2) is 53.4 Å². The second-order valence-electron chi connectivity index (χ2n) is 4.14. The highest BCUT2D eigenvalue weighted by molar-refractivity contribution is 7.92. The Labute approximate surface area is 122 Å². The maximum absolute atomic E-state index is 12.8. The quantitative estimate of drug-likeness (QED) is 0.851. The van der Waals surface area contributed by atoms with E-state index in [2.05, 4.69) is 16.6 Å². The number of hydrogen-bond donors (Lipinski definition) is 2. The van der Waals surface area contributed by atoms with E-state index in [1.54, 1.807) is 24.3 Å². The monoisotopic (exact) mass is 304 g/mol. The molecule has 0 fully saturated rings. The highest BCUT2D eigenvalue weighted by Gasteiger charge is 2.13. The van der Waals surface area contributed by atoms with E-state index in [0.29, 0.717) is 5.69 Å². The minimum Gasteiger partial charge on any atom is -0.320 e. The topological polar surface area (TPSA) is 72.2 Å². The van der Waals surface area contributed by atoms with E-state index in [9.17, 15) is 12.8 Å². The number of halogens is 1. The molecule has 0 spiro atoms. The van der Waals surface area contributed by atoms with Crippen LogP contribution in [0.2, 0.25) is 0 Å². The Hall–Kier alpha value is -2.36. The van der Waals surface area contributed by atoms with Gasteiger partial charge in [-0.25, -0.2) is 12.8 Å². The zero-order chi connectivity index (χ0) is 15.3. The Bertz CT molecular complexity index is 773. The number of benzene rings is 2. The van der Waals surface area contributed by atoms with Crippen LogP contribution in [0, 0.1) is 17.7 Å². The van der Waals surface area contributed by atoms with E-state index < -0.39 is 15.8 Å². The third kappa shape index (κ3) is 4.05. The SMILES string of the molecule is NCC#Cc1ccc(NS(=O)(=O)c2ccc(F)cc2)cc1. The normalized spacial score (nSPS) is 10.6. The van der Waals surface area contributed by atoms with Crippen LogP contribution in [0.4, 0.5) is 10.1 Å². The summed E-state index contributed by atoms with van der Waals surface area (Å²) in [5, 5.41) is 0. The number of sulfonamides is 1. The maximum Gasteiger partial charge on any atom is 0.261 e. The van der Waals surface area contributed by atoms with Crippen molar-refractivity contribution in [3.8, 4) is 11.8 Å². The second kappa shape index (κ2) is 6.39. The van der Waals surface area contributed by atoms with Crippen LogP contribution in [-0.4, -0.2) is 15.0 Å². The van der Waals surface area contributed by atoms with Crippen molar-refractivity contribution in [2.45, 2.75) is 4.90 Å². The lowest BCUT2D eigenvalue weighted by Crippen LogP contribution is -2.12. The van der Waals surface area contributed by atoms with E-state index in [-0.39, 0.29) is 11.4 Å². The molecule has 0 saturated heterocycles. The van der Waals surface area contributed by atoms with E-state index in [1.807, 2.05) is 0 Å². The van der Waals surface area contributed by atoms with E-state index in [1.165, 1.54) is 12.1 Å². The first-order valence-corrected chi connectivity index (χ1v) is 7.57. The second-order valence-corrected chi connectivity index (χ2v) is 5.83. The van der Waals surface area contributed by atoms with Crippen LogP contribution in [0.25, 0.3) is 0 Å². The molecular formula is C15H13FN2O2S. The first-order valence-electron chi connectivity index (χ1n) is 6.09. The number of rotatable bonds is 3. The molecule has 4 nitrogen and oxygen atoms in total. The molecule has 0 aliphatic heterocycles. The summed E-state index contributed by atoms with van der Waals surface area (Å²) in [6.45, 7) is 0.263. The first kappa shape index (κ1) is 15.0.